The van der Waals surface area contributed by atoms with Crippen LogP contribution in [0, 0.1) is 0 Å². The summed E-state index contributed by atoms with van der Waals surface area (Å²) >= 11 is 4.25. The summed E-state index contributed by atoms with van der Waals surface area (Å²) in [5.74, 6) is 1.06. The number of nitrogens with zero attached hydrogens (tertiary/aromatic N) is 1. The number of rotatable bonds is 16. The van der Waals surface area contributed by atoms with Gasteiger partial charge in [-0.25, -0.2) is 0 Å². The molecule has 0 unspecified atom stereocenters. The van der Waals surface area contributed by atoms with E-state index >= 15 is 0 Å². The van der Waals surface area contributed by atoms with Crippen LogP contribution in [-0.4, -0.2) is 10.3 Å². The van der Waals surface area contributed by atoms with Crippen LogP contribution in [0.5, 0.6) is 0 Å². The van der Waals surface area contributed by atoms with Crippen molar-refractivity contribution in [2.24, 2.45) is 0 Å². The molecule has 0 aromatic carbocycles. The van der Waals surface area contributed by atoms with Gasteiger partial charge >= 0.3 is 0 Å². The normalized spacial score (nSPS) is 11.1. The molecule has 0 bridgehead atoms. The fraction of sp³-hybridized carbons (Fsp3) is 0.800. The monoisotopic (exact) mass is 323 g/mol. The molecule has 0 aliphatic rings. The molecule has 0 aliphatic carbocycles. The van der Waals surface area contributed by atoms with Crippen LogP contribution in [0.3, 0.4) is 0 Å². The van der Waals surface area contributed by atoms with Crippen LogP contribution in [0.4, 0.5) is 0 Å². The molecule has 1 nitrogen and oxygen atoms in total. The quantitative estimate of drug-likeness (QED) is 0.250. The Morgan fingerprint density at radius 2 is 0.864 bits per heavy atom. The predicted octanol–water partition coefficient (Wildman–Crippen LogP) is 6.88. The maximum atomic E-state index is 4.25. The lowest BCUT2D eigenvalue weighted by Crippen LogP contribution is -1.93. The zero-order valence-electron chi connectivity index (χ0n) is 14.5. The number of aryl methyl sites for hydroxylation is 1. The molecule has 22 heavy (non-hydrogen) atoms. The minimum absolute atomic E-state index is 1.06. The minimum Gasteiger partial charge on any atom is -0.354 e. The van der Waals surface area contributed by atoms with E-state index in [1.807, 2.05) is 0 Å². The van der Waals surface area contributed by atoms with Gasteiger partial charge in [-0.05, 0) is 30.7 Å². The fourth-order valence-electron chi connectivity index (χ4n) is 3.05. The first kappa shape index (κ1) is 19.7. The highest BCUT2D eigenvalue weighted by atomic mass is 32.1. The van der Waals surface area contributed by atoms with Gasteiger partial charge in [0.15, 0.2) is 0 Å². The SMILES string of the molecule is SCCCCCCCCCCCCCCCCn1cccc1. The number of hydrogen-bond donors (Lipinski definition) is 1. The van der Waals surface area contributed by atoms with Crippen LogP contribution in [0.15, 0.2) is 24.5 Å². The van der Waals surface area contributed by atoms with Crippen molar-refractivity contribution in [2.75, 3.05) is 5.75 Å². The second-order valence-electron chi connectivity index (χ2n) is 6.59. The molecular formula is C20H37NS. The molecule has 0 fully saturated rings. The van der Waals surface area contributed by atoms with Crippen LogP contribution in [0.25, 0.3) is 0 Å². The maximum absolute atomic E-state index is 4.25. The third-order valence-electron chi connectivity index (χ3n) is 4.49. The maximum Gasteiger partial charge on any atom is 0.0219 e. The smallest absolute Gasteiger partial charge is 0.0219 e. The highest BCUT2D eigenvalue weighted by molar-refractivity contribution is 7.80. The summed E-state index contributed by atoms with van der Waals surface area (Å²) < 4.78 is 2.29. The minimum atomic E-state index is 1.06. The molecule has 0 radical (unpaired) electrons. The topological polar surface area (TPSA) is 4.93 Å². The van der Waals surface area contributed by atoms with E-state index in [1.165, 1.54) is 96.4 Å². The van der Waals surface area contributed by atoms with Gasteiger partial charge in [0, 0.05) is 18.9 Å². The Kier molecular flexibility index (Phi) is 13.9. The zero-order valence-corrected chi connectivity index (χ0v) is 15.4. The summed E-state index contributed by atoms with van der Waals surface area (Å²) in [7, 11) is 0. The molecule has 1 aromatic heterocycles. The third kappa shape index (κ3) is 12.2. The van der Waals surface area contributed by atoms with Gasteiger partial charge in [-0.3, -0.25) is 0 Å². The van der Waals surface area contributed by atoms with Gasteiger partial charge in [0.25, 0.3) is 0 Å². The Hall–Kier alpha value is -0.370. The van der Waals surface area contributed by atoms with Crippen molar-refractivity contribution in [2.45, 2.75) is 96.4 Å². The molecule has 0 N–H and O–H groups in total. The summed E-state index contributed by atoms with van der Waals surface area (Å²) in [6.07, 6.45) is 24.2. The average molecular weight is 324 g/mol. The largest absolute Gasteiger partial charge is 0.354 e. The zero-order chi connectivity index (χ0) is 15.7. The van der Waals surface area contributed by atoms with Crippen LogP contribution in [0.2, 0.25) is 0 Å². The first-order valence-corrected chi connectivity index (χ1v) is 10.3. The first-order chi connectivity index (χ1) is 10.9. The Balaban J connectivity index is 1.68. The predicted molar refractivity (Wildman–Crippen MR) is 103 cm³/mol. The van der Waals surface area contributed by atoms with Crippen LogP contribution in [-0.2, 0) is 6.54 Å². The number of hydrogen-bond acceptors (Lipinski definition) is 1. The highest BCUT2D eigenvalue weighted by Crippen LogP contribution is 2.13. The summed E-state index contributed by atoms with van der Waals surface area (Å²) in [6.45, 7) is 1.20. The molecule has 0 atom stereocenters. The van der Waals surface area contributed by atoms with Gasteiger partial charge in [0.1, 0.15) is 0 Å². The van der Waals surface area contributed by atoms with E-state index in [9.17, 15) is 0 Å². The van der Waals surface area contributed by atoms with E-state index in [1.54, 1.807) is 0 Å². The lowest BCUT2D eigenvalue weighted by atomic mass is 10.0. The van der Waals surface area contributed by atoms with Crippen molar-refractivity contribution in [3.05, 3.63) is 24.5 Å². The molecule has 0 spiro atoms. The van der Waals surface area contributed by atoms with E-state index in [0.717, 1.165) is 5.75 Å². The molecule has 2 heteroatoms. The van der Waals surface area contributed by atoms with E-state index in [2.05, 4.69) is 41.7 Å². The molecule has 0 saturated carbocycles. The van der Waals surface area contributed by atoms with Crippen molar-refractivity contribution < 1.29 is 0 Å². The van der Waals surface area contributed by atoms with E-state index < -0.39 is 0 Å². The van der Waals surface area contributed by atoms with E-state index in [4.69, 9.17) is 0 Å². The number of unbranched alkanes of at least 4 members (excludes halogenated alkanes) is 13. The lowest BCUT2D eigenvalue weighted by molar-refractivity contribution is 0.525. The first-order valence-electron chi connectivity index (χ1n) is 9.65. The Morgan fingerprint density at radius 3 is 1.27 bits per heavy atom. The van der Waals surface area contributed by atoms with Gasteiger partial charge < -0.3 is 4.57 Å². The summed E-state index contributed by atoms with van der Waals surface area (Å²) in [6, 6.07) is 4.23. The van der Waals surface area contributed by atoms with Crippen LogP contribution in [0.1, 0.15) is 89.9 Å². The Morgan fingerprint density at radius 1 is 0.500 bits per heavy atom. The molecule has 1 aromatic rings. The lowest BCUT2D eigenvalue weighted by Gasteiger charge is -2.04. The molecule has 0 aliphatic heterocycles. The molecule has 0 saturated heterocycles. The number of thiol groups is 1. The molecule has 1 rings (SSSR count). The van der Waals surface area contributed by atoms with Crippen molar-refractivity contribution in [1.29, 1.82) is 0 Å². The van der Waals surface area contributed by atoms with Crippen LogP contribution < -0.4 is 0 Å². The molecular weight excluding hydrogens is 286 g/mol. The third-order valence-corrected chi connectivity index (χ3v) is 4.81. The second-order valence-corrected chi connectivity index (χ2v) is 7.04. The standard InChI is InChI=1S/C20H37NS/c22-20-16-12-10-8-6-4-2-1-3-5-7-9-11-13-17-21-18-14-15-19-21/h14-15,18-19,22H,1-13,16-17,20H2. The Bertz CT molecular complexity index is 308. The average Bonchev–Trinajstić information content (AvgIpc) is 3.04. The molecule has 1 heterocycles. The second kappa shape index (κ2) is 15.5. The van der Waals surface area contributed by atoms with Crippen molar-refractivity contribution in [1.82, 2.24) is 4.57 Å². The van der Waals surface area contributed by atoms with Gasteiger partial charge in [-0.15, -0.1) is 0 Å². The molecule has 0 amide bonds. The molecule has 128 valence electrons. The summed E-state index contributed by atoms with van der Waals surface area (Å²) in [5, 5.41) is 0. The highest BCUT2D eigenvalue weighted by Gasteiger charge is 1.94. The van der Waals surface area contributed by atoms with E-state index in [0.29, 0.717) is 0 Å². The van der Waals surface area contributed by atoms with Gasteiger partial charge in [0.05, 0.1) is 0 Å². The number of aromatic nitrogens is 1. The fourth-order valence-corrected chi connectivity index (χ4v) is 3.27. The van der Waals surface area contributed by atoms with Gasteiger partial charge in [0.2, 0.25) is 0 Å². The van der Waals surface area contributed by atoms with Crippen molar-refractivity contribution in [3.63, 3.8) is 0 Å². The van der Waals surface area contributed by atoms with Gasteiger partial charge in [-0.1, -0.05) is 77.0 Å². The van der Waals surface area contributed by atoms with Crippen LogP contribution >= 0.6 is 12.6 Å². The van der Waals surface area contributed by atoms with Gasteiger partial charge in [-0.2, -0.15) is 12.6 Å². The summed E-state index contributed by atoms with van der Waals surface area (Å²) in [5.41, 5.74) is 0. The van der Waals surface area contributed by atoms with Crippen molar-refractivity contribution >= 4 is 12.6 Å². The van der Waals surface area contributed by atoms with Crippen molar-refractivity contribution in [3.8, 4) is 0 Å². The van der Waals surface area contributed by atoms with E-state index in [-0.39, 0.29) is 0 Å². The summed E-state index contributed by atoms with van der Waals surface area (Å²) in [4.78, 5) is 0. The Labute approximate surface area is 144 Å².